The van der Waals surface area contributed by atoms with Crippen LogP contribution in [0.2, 0.25) is 0 Å². The zero-order valence-corrected chi connectivity index (χ0v) is 19.8. The first kappa shape index (κ1) is 18.5. The first-order valence-corrected chi connectivity index (χ1v) is 12.7. The monoisotopic (exact) mass is 443 g/mol. The molecule has 6 aromatic rings. The molecule has 0 atom stereocenters. The summed E-state index contributed by atoms with van der Waals surface area (Å²) < 4.78 is 5.48. The molecule has 0 aliphatic heterocycles. The van der Waals surface area contributed by atoms with Gasteiger partial charge in [0.15, 0.2) is 0 Å². The molecule has 0 aliphatic rings. The third-order valence-electron chi connectivity index (χ3n) is 5.92. The second-order valence-electron chi connectivity index (χ2n) is 8.99. The standard InChI is InChI=1S/C26H21NS3/c1-14-13-29-24-17(14)5-6-18-19-7-9-27-21(23(19)30-25(18)24)16-11-15-8-10-28-22(15)20(12-16)26(2,3)4/h5-13H,1-4H3. The van der Waals surface area contributed by atoms with Crippen molar-refractivity contribution in [3.63, 3.8) is 0 Å². The van der Waals surface area contributed by atoms with E-state index in [-0.39, 0.29) is 5.41 Å². The van der Waals surface area contributed by atoms with Crippen LogP contribution in [0.4, 0.5) is 0 Å². The Morgan fingerprint density at radius 2 is 1.60 bits per heavy atom. The van der Waals surface area contributed by atoms with Crippen LogP contribution in [-0.2, 0) is 5.41 Å². The van der Waals surface area contributed by atoms with E-state index in [0.717, 1.165) is 5.69 Å². The van der Waals surface area contributed by atoms with Crippen LogP contribution in [0.1, 0.15) is 31.9 Å². The molecule has 0 spiro atoms. The topological polar surface area (TPSA) is 12.9 Å². The van der Waals surface area contributed by atoms with Crippen LogP contribution in [-0.4, -0.2) is 4.98 Å². The summed E-state index contributed by atoms with van der Waals surface area (Å²) in [6.07, 6.45) is 1.97. The SMILES string of the molecule is Cc1csc2c1ccc1c3ccnc(-c4cc(C(C)(C)C)c5sccc5c4)c3sc12. The van der Waals surface area contributed by atoms with Crippen molar-refractivity contribution in [1.29, 1.82) is 0 Å². The molecular formula is C26H21NS3. The van der Waals surface area contributed by atoms with Gasteiger partial charge in [-0.15, -0.1) is 34.0 Å². The lowest BCUT2D eigenvalue weighted by molar-refractivity contribution is 0.597. The second-order valence-corrected chi connectivity index (χ2v) is 11.8. The maximum absolute atomic E-state index is 4.89. The van der Waals surface area contributed by atoms with Crippen molar-refractivity contribution in [2.45, 2.75) is 33.1 Å². The minimum Gasteiger partial charge on any atom is -0.255 e. The van der Waals surface area contributed by atoms with Crippen LogP contribution in [0, 0.1) is 6.92 Å². The van der Waals surface area contributed by atoms with Gasteiger partial charge in [-0.2, -0.15) is 0 Å². The summed E-state index contributed by atoms with van der Waals surface area (Å²) in [4.78, 5) is 4.89. The minimum absolute atomic E-state index is 0.0911. The largest absolute Gasteiger partial charge is 0.255 e. The van der Waals surface area contributed by atoms with E-state index in [1.807, 2.05) is 40.2 Å². The number of aryl methyl sites for hydroxylation is 1. The Morgan fingerprint density at radius 1 is 0.800 bits per heavy atom. The van der Waals surface area contributed by atoms with Crippen LogP contribution < -0.4 is 0 Å². The first-order valence-electron chi connectivity index (χ1n) is 10.1. The lowest BCUT2D eigenvalue weighted by atomic mass is 9.85. The van der Waals surface area contributed by atoms with Crippen molar-refractivity contribution in [2.24, 2.45) is 0 Å². The number of hydrogen-bond acceptors (Lipinski definition) is 4. The van der Waals surface area contributed by atoms with Crippen molar-refractivity contribution in [2.75, 3.05) is 0 Å². The van der Waals surface area contributed by atoms with E-state index in [1.54, 1.807) is 0 Å². The van der Waals surface area contributed by atoms with Gasteiger partial charge in [0, 0.05) is 27.2 Å². The highest BCUT2D eigenvalue weighted by Gasteiger charge is 2.21. The van der Waals surface area contributed by atoms with Gasteiger partial charge >= 0.3 is 0 Å². The third kappa shape index (κ3) is 2.60. The van der Waals surface area contributed by atoms with E-state index in [2.05, 4.69) is 74.9 Å². The Hall–Kier alpha value is -2.27. The Kier molecular flexibility index (Phi) is 3.92. The fourth-order valence-electron chi connectivity index (χ4n) is 4.36. The van der Waals surface area contributed by atoms with Gasteiger partial charge in [0.2, 0.25) is 0 Å². The van der Waals surface area contributed by atoms with Crippen molar-refractivity contribution in [1.82, 2.24) is 4.98 Å². The van der Waals surface area contributed by atoms with E-state index in [1.165, 1.54) is 57.0 Å². The molecule has 0 N–H and O–H groups in total. The Morgan fingerprint density at radius 3 is 2.43 bits per heavy atom. The molecule has 6 rings (SSSR count). The zero-order valence-electron chi connectivity index (χ0n) is 17.4. The predicted octanol–water partition coefficient (Wildman–Crippen LogP) is 9.15. The molecule has 4 aromatic heterocycles. The number of nitrogens with zero attached hydrogens (tertiary/aromatic N) is 1. The summed E-state index contributed by atoms with van der Waals surface area (Å²) in [6, 6.07) is 13.7. The summed E-state index contributed by atoms with van der Waals surface area (Å²) in [5.74, 6) is 0. The molecule has 4 heterocycles. The van der Waals surface area contributed by atoms with Crippen molar-refractivity contribution < 1.29 is 0 Å². The molecule has 0 fully saturated rings. The highest BCUT2D eigenvalue weighted by molar-refractivity contribution is 7.31. The summed E-state index contributed by atoms with van der Waals surface area (Å²) in [5.41, 5.74) is 5.19. The molecule has 148 valence electrons. The van der Waals surface area contributed by atoms with Gasteiger partial charge in [0.05, 0.1) is 19.8 Å². The smallest absolute Gasteiger partial charge is 0.0880 e. The fourth-order valence-corrected chi connectivity index (χ4v) is 7.98. The summed E-state index contributed by atoms with van der Waals surface area (Å²) in [5, 5.41) is 9.83. The van der Waals surface area contributed by atoms with Crippen molar-refractivity contribution >= 4 is 74.4 Å². The maximum Gasteiger partial charge on any atom is 0.0880 e. The molecule has 0 saturated heterocycles. The molecular weight excluding hydrogens is 422 g/mol. The van der Waals surface area contributed by atoms with Gasteiger partial charge in [-0.05, 0) is 69.3 Å². The number of fused-ring (bicyclic) bond motifs is 6. The molecule has 30 heavy (non-hydrogen) atoms. The van der Waals surface area contributed by atoms with Gasteiger partial charge in [-0.25, -0.2) is 0 Å². The van der Waals surface area contributed by atoms with E-state index in [9.17, 15) is 0 Å². The normalized spacial score (nSPS) is 12.7. The lowest BCUT2D eigenvalue weighted by Crippen LogP contribution is -2.11. The molecule has 0 saturated carbocycles. The van der Waals surface area contributed by atoms with E-state index < -0.39 is 0 Å². The van der Waals surface area contributed by atoms with Crippen LogP contribution in [0.25, 0.3) is 51.6 Å². The lowest BCUT2D eigenvalue weighted by Gasteiger charge is -2.21. The molecule has 0 bridgehead atoms. The summed E-state index contributed by atoms with van der Waals surface area (Å²) in [6.45, 7) is 9.10. The van der Waals surface area contributed by atoms with Gasteiger partial charge in [0.1, 0.15) is 0 Å². The number of pyridine rings is 1. The van der Waals surface area contributed by atoms with Gasteiger partial charge < -0.3 is 0 Å². The number of rotatable bonds is 1. The summed E-state index contributed by atoms with van der Waals surface area (Å²) >= 11 is 5.60. The average molecular weight is 444 g/mol. The fraction of sp³-hybridized carbons (Fsp3) is 0.192. The molecule has 0 aliphatic carbocycles. The van der Waals surface area contributed by atoms with E-state index in [0.29, 0.717) is 0 Å². The molecule has 1 nitrogen and oxygen atoms in total. The molecule has 0 unspecified atom stereocenters. The third-order valence-corrected chi connectivity index (χ3v) is 9.39. The Labute approximate surface area is 187 Å². The van der Waals surface area contributed by atoms with Crippen molar-refractivity contribution in [3.8, 4) is 11.3 Å². The van der Waals surface area contributed by atoms with Crippen LogP contribution in [0.3, 0.4) is 0 Å². The van der Waals surface area contributed by atoms with Gasteiger partial charge in [0.25, 0.3) is 0 Å². The second kappa shape index (κ2) is 6.36. The van der Waals surface area contributed by atoms with Crippen molar-refractivity contribution in [3.05, 3.63) is 64.5 Å². The maximum atomic E-state index is 4.89. The van der Waals surface area contributed by atoms with Gasteiger partial charge in [-0.3, -0.25) is 4.98 Å². The Bertz CT molecular complexity index is 1590. The first-order chi connectivity index (χ1) is 14.4. The molecule has 2 aromatic carbocycles. The molecule has 0 radical (unpaired) electrons. The van der Waals surface area contributed by atoms with Crippen LogP contribution >= 0.6 is 34.0 Å². The molecule has 4 heteroatoms. The van der Waals surface area contributed by atoms with Gasteiger partial charge in [-0.1, -0.05) is 32.9 Å². The minimum atomic E-state index is 0.0911. The van der Waals surface area contributed by atoms with Crippen LogP contribution in [0.15, 0.2) is 53.4 Å². The molecule has 0 amide bonds. The summed E-state index contributed by atoms with van der Waals surface area (Å²) in [7, 11) is 0. The zero-order chi connectivity index (χ0) is 20.6. The van der Waals surface area contributed by atoms with E-state index in [4.69, 9.17) is 4.98 Å². The highest BCUT2D eigenvalue weighted by atomic mass is 32.1. The average Bonchev–Trinajstić information content (AvgIpc) is 3.42. The van der Waals surface area contributed by atoms with Crippen LogP contribution in [0.5, 0.6) is 0 Å². The highest BCUT2D eigenvalue weighted by Crippen LogP contribution is 2.45. The number of aromatic nitrogens is 1. The Balaban J connectivity index is 1.70. The van der Waals surface area contributed by atoms with E-state index >= 15 is 0 Å². The number of thiophene rings is 3. The predicted molar refractivity (Wildman–Crippen MR) is 137 cm³/mol. The number of benzene rings is 2. The quantitative estimate of drug-likeness (QED) is 0.247. The number of hydrogen-bond donors (Lipinski definition) is 0.